The molecule has 0 aromatic carbocycles. The molecule has 0 heterocycles. The van der Waals surface area contributed by atoms with Crippen LogP contribution in [0.4, 0.5) is 0 Å². The number of ether oxygens (including phenoxy) is 2. The molecule has 0 aromatic heterocycles. The van der Waals surface area contributed by atoms with Crippen molar-refractivity contribution in [3.05, 3.63) is 48.6 Å². The number of carboxylic acids is 1. The first-order chi connectivity index (χ1) is 30.7. The molecule has 0 rings (SSSR count). The van der Waals surface area contributed by atoms with Crippen LogP contribution in [0.1, 0.15) is 232 Å². The van der Waals surface area contributed by atoms with E-state index in [4.69, 9.17) is 29.4 Å². The van der Waals surface area contributed by atoms with Crippen LogP contribution in [0.15, 0.2) is 48.6 Å². The van der Waals surface area contributed by atoms with Gasteiger partial charge in [-0.3, -0.25) is 18.6 Å². The first-order valence-corrected chi connectivity index (χ1v) is 27.2. The third-order valence-electron chi connectivity index (χ3n) is 11.1. The number of esters is 1. The van der Waals surface area contributed by atoms with Gasteiger partial charge < -0.3 is 25.2 Å². The summed E-state index contributed by atoms with van der Waals surface area (Å²) in [5.41, 5.74) is 5.37. The van der Waals surface area contributed by atoms with Gasteiger partial charge in [0.1, 0.15) is 12.1 Å². The minimum Gasteiger partial charge on any atom is -0.480 e. The SMILES string of the molecule is CCCCC/C=C\C/C=C\CCCCCCCCCCOCC(COP(=O)(O)OCC(N)C(=O)O)OC(=O)CCCCCCCCCCCCC/C=C\C/C=C\CCCCCCC. The number of rotatable bonds is 49. The summed E-state index contributed by atoms with van der Waals surface area (Å²) < 4.78 is 33.5. The molecule has 11 heteroatoms. The van der Waals surface area contributed by atoms with E-state index in [0.717, 1.165) is 57.8 Å². The van der Waals surface area contributed by atoms with Crippen LogP contribution in [0, 0.1) is 0 Å². The van der Waals surface area contributed by atoms with Gasteiger partial charge in [0.25, 0.3) is 0 Å². The van der Waals surface area contributed by atoms with Crippen LogP contribution in [-0.4, -0.2) is 60.5 Å². The number of aliphatic carboxylic acids is 1. The molecule has 3 atom stereocenters. The first-order valence-electron chi connectivity index (χ1n) is 25.7. The van der Waals surface area contributed by atoms with E-state index in [9.17, 15) is 19.0 Å². The average Bonchev–Trinajstić information content (AvgIpc) is 3.26. The summed E-state index contributed by atoms with van der Waals surface area (Å²) in [7, 11) is -4.62. The molecule has 3 unspecified atom stereocenters. The Morgan fingerprint density at radius 2 is 0.873 bits per heavy atom. The highest BCUT2D eigenvalue weighted by Gasteiger charge is 2.27. The smallest absolute Gasteiger partial charge is 0.472 e. The van der Waals surface area contributed by atoms with Gasteiger partial charge in [0, 0.05) is 13.0 Å². The summed E-state index contributed by atoms with van der Waals surface area (Å²) in [5, 5.41) is 8.93. The van der Waals surface area contributed by atoms with Gasteiger partial charge in [-0.1, -0.05) is 197 Å². The fourth-order valence-corrected chi connectivity index (χ4v) is 7.86. The largest absolute Gasteiger partial charge is 0.480 e. The Morgan fingerprint density at radius 1 is 0.508 bits per heavy atom. The average molecular weight is 910 g/mol. The summed E-state index contributed by atoms with van der Waals surface area (Å²) in [6.07, 6.45) is 57.3. The van der Waals surface area contributed by atoms with Gasteiger partial charge >= 0.3 is 19.8 Å². The number of hydrogen-bond donors (Lipinski definition) is 3. The quantitative estimate of drug-likeness (QED) is 0.0232. The van der Waals surface area contributed by atoms with Crippen LogP contribution in [0.3, 0.4) is 0 Å². The summed E-state index contributed by atoms with van der Waals surface area (Å²) in [6.45, 7) is 3.86. The number of carboxylic acid groups (broad SMARTS) is 1. The molecule has 0 aliphatic carbocycles. The zero-order chi connectivity index (χ0) is 46.2. The first kappa shape index (κ1) is 60.9. The van der Waals surface area contributed by atoms with Crippen LogP contribution in [0.5, 0.6) is 0 Å². The topological polar surface area (TPSA) is 155 Å². The number of nitrogens with two attached hydrogens (primary N) is 1. The predicted octanol–water partition coefficient (Wildman–Crippen LogP) is 15.0. The van der Waals surface area contributed by atoms with E-state index < -0.39 is 45.1 Å². The predicted molar refractivity (Wildman–Crippen MR) is 263 cm³/mol. The molecule has 0 amide bonds. The van der Waals surface area contributed by atoms with Crippen LogP contribution in [0.2, 0.25) is 0 Å². The Labute approximate surface area is 386 Å². The molecule has 63 heavy (non-hydrogen) atoms. The minimum absolute atomic E-state index is 0.0122. The maximum atomic E-state index is 12.7. The Bertz CT molecular complexity index is 1190. The highest BCUT2D eigenvalue weighted by Crippen LogP contribution is 2.43. The van der Waals surface area contributed by atoms with Gasteiger partial charge in [0.05, 0.1) is 19.8 Å². The van der Waals surface area contributed by atoms with Crippen LogP contribution < -0.4 is 5.73 Å². The van der Waals surface area contributed by atoms with E-state index in [1.807, 2.05) is 0 Å². The van der Waals surface area contributed by atoms with E-state index >= 15 is 0 Å². The molecule has 0 spiro atoms. The normalized spacial score (nSPS) is 14.1. The maximum Gasteiger partial charge on any atom is 0.472 e. The number of hydrogen-bond acceptors (Lipinski definition) is 8. The molecule has 0 fully saturated rings. The van der Waals surface area contributed by atoms with Crippen molar-refractivity contribution >= 4 is 19.8 Å². The lowest BCUT2D eigenvalue weighted by atomic mass is 10.0. The summed E-state index contributed by atoms with van der Waals surface area (Å²) in [4.78, 5) is 33.7. The van der Waals surface area contributed by atoms with Crippen molar-refractivity contribution in [3.8, 4) is 0 Å². The monoisotopic (exact) mass is 910 g/mol. The number of unbranched alkanes of at least 4 members (excludes halogenated alkanes) is 27. The lowest BCUT2D eigenvalue weighted by molar-refractivity contribution is -0.154. The number of carbonyl (C=O) groups is 2. The summed E-state index contributed by atoms with van der Waals surface area (Å²) >= 11 is 0. The molecule has 0 saturated carbocycles. The molecule has 10 nitrogen and oxygen atoms in total. The molecular formula is C52H96NO9P. The second-order valence-electron chi connectivity index (χ2n) is 17.3. The highest BCUT2D eigenvalue weighted by molar-refractivity contribution is 7.47. The van der Waals surface area contributed by atoms with E-state index in [1.54, 1.807) is 0 Å². The molecule has 0 aliphatic rings. The maximum absolute atomic E-state index is 12.7. The second kappa shape index (κ2) is 47.9. The van der Waals surface area contributed by atoms with Crippen molar-refractivity contribution in [2.75, 3.05) is 26.4 Å². The van der Waals surface area contributed by atoms with E-state index in [2.05, 4.69) is 62.5 Å². The fourth-order valence-electron chi connectivity index (χ4n) is 7.08. The van der Waals surface area contributed by atoms with Crippen LogP contribution in [-0.2, 0) is 32.7 Å². The number of phosphoric acid groups is 1. The molecule has 0 saturated heterocycles. The zero-order valence-corrected chi connectivity index (χ0v) is 41.3. The van der Waals surface area contributed by atoms with Crippen LogP contribution in [0.25, 0.3) is 0 Å². The summed E-state index contributed by atoms with van der Waals surface area (Å²) in [5.74, 6) is -1.78. The standard InChI is InChI=1S/C52H96NO9P/c1-3-5-7-9-11-13-15-17-19-21-23-24-25-26-27-28-30-32-34-36-38-40-42-44-51(54)62-49(47-60-63(57,58)61-48-50(53)52(55)56)46-59-45-43-41-39-37-35-33-31-29-22-20-18-16-14-12-10-8-6-4-2/h12,14-15,17-18,20-21,23,49-50H,3-11,13,16,19,22,24-48,53H2,1-2H3,(H,55,56)(H,57,58)/b14-12-,17-15-,20-18-,23-21-. The minimum atomic E-state index is -4.62. The molecule has 0 bridgehead atoms. The summed E-state index contributed by atoms with van der Waals surface area (Å²) in [6, 6.07) is -1.48. The molecule has 0 radical (unpaired) electrons. The molecule has 368 valence electrons. The third kappa shape index (κ3) is 47.7. The Morgan fingerprint density at radius 3 is 1.32 bits per heavy atom. The zero-order valence-electron chi connectivity index (χ0n) is 40.4. The van der Waals surface area contributed by atoms with Crippen molar-refractivity contribution in [3.63, 3.8) is 0 Å². The molecular weight excluding hydrogens is 814 g/mol. The van der Waals surface area contributed by atoms with Gasteiger partial charge in [0.15, 0.2) is 0 Å². The molecule has 4 N–H and O–H groups in total. The van der Waals surface area contributed by atoms with Gasteiger partial charge in [-0.2, -0.15) is 0 Å². The van der Waals surface area contributed by atoms with Gasteiger partial charge in [-0.05, 0) is 77.0 Å². The second-order valence-corrected chi connectivity index (χ2v) is 18.7. The Hall–Kier alpha value is -2.07. The number of allylic oxidation sites excluding steroid dienone is 8. The van der Waals surface area contributed by atoms with Crippen molar-refractivity contribution in [2.24, 2.45) is 5.73 Å². The lowest BCUT2D eigenvalue weighted by Gasteiger charge is -2.20. The van der Waals surface area contributed by atoms with Crippen molar-refractivity contribution in [1.82, 2.24) is 0 Å². The Balaban J connectivity index is 4.14. The van der Waals surface area contributed by atoms with Gasteiger partial charge in [-0.15, -0.1) is 0 Å². The van der Waals surface area contributed by atoms with Crippen molar-refractivity contribution in [1.29, 1.82) is 0 Å². The number of carbonyl (C=O) groups excluding carboxylic acids is 1. The lowest BCUT2D eigenvalue weighted by Crippen LogP contribution is -2.34. The van der Waals surface area contributed by atoms with Crippen molar-refractivity contribution < 1.29 is 42.7 Å². The molecule has 0 aromatic rings. The van der Waals surface area contributed by atoms with Gasteiger partial charge in [0.2, 0.25) is 0 Å². The van der Waals surface area contributed by atoms with E-state index in [0.29, 0.717) is 13.0 Å². The van der Waals surface area contributed by atoms with Gasteiger partial charge in [-0.25, -0.2) is 4.57 Å². The van der Waals surface area contributed by atoms with E-state index in [-0.39, 0.29) is 13.0 Å². The molecule has 0 aliphatic heterocycles. The number of phosphoric ester groups is 1. The van der Waals surface area contributed by atoms with E-state index in [1.165, 1.54) is 148 Å². The third-order valence-corrected chi connectivity index (χ3v) is 12.0. The van der Waals surface area contributed by atoms with Crippen LogP contribution >= 0.6 is 7.82 Å². The highest BCUT2D eigenvalue weighted by atomic mass is 31.2. The Kier molecular flexibility index (Phi) is 46.3. The van der Waals surface area contributed by atoms with Crippen molar-refractivity contribution in [2.45, 2.75) is 244 Å². The fraction of sp³-hybridized carbons (Fsp3) is 0.808.